The molecule has 12 rings (SSSR count). The average molecular weight is 785 g/mol. The van der Waals surface area contributed by atoms with E-state index in [2.05, 4.69) is 210 Å². The normalized spacial score (nSPS) is 13.5. The van der Waals surface area contributed by atoms with Crippen LogP contribution in [-0.2, 0) is 0 Å². The maximum Gasteiger partial charge on any atom is 0.159 e. The average Bonchev–Trinajstić information content (AvgIpc) is 3.89. The first-order chi connectivity index (χ1) is 30.3. The Kier molecular flexibility index (Phi) is 8.59. The van der Waals surface area contributed by atoms with Gasteiger partial charge in [-0.15, -0.1) is 0 Å². The lowest BCUT2D eigenvalue weighted by Gasteiger charge is -2.31. The van der Waals surface area contributed by atoms with Gasteiger partial charge in [0.25, 0.3) is 0 Å². The molecule has 0 spiro atoms. The minimum atomic E-state index is 0.559. The van der Waals surface area contributed by atoms with Crippen LogP contribution in [0.25, 0.3) is 82.5 Å². The van der Waals surface area contributed by atoms with Gasteiger partial charge in [-0.25, -0.2) is 0 Å². The summed E-state index contributed by atoms with van der Waals surface area (Å²) in [5.41, 5.74) is 14.7. The summed E-state index contributed by atoms with van der Waals surface area (Å²) in [5, 5.41) is 7.34. The van der Waals surface area contributed by atoms with E-state index in [9.17, 15) is 0 Å². The Balaban J connectivity index is 1.17. The summed E-state index contributed by atoms with van der Waals surface area (Å²) in [6.07, 6.45) is 6.41. The lowest BCUT2D eigenvalue weighted by atomic mass is 9.80. The molecule has 1 aliphatic carbocycles. The molecule has 3 heteroatoms. The standard InChI is InChI=1S/C58H44N2O/c1-3-19-39(20-4-1)42-29-15-21-40-22-16-30-47(56(40)42)43-25-7-12-35-52(43)60(54-37-18-33-50-46-28-10-14-38-55(46)61-58(50)54)53-36-13-9-27-45(53)49-32-17-31-48-44-26-8-11-34-51(44)59(57(48)49)41-23-5-2-6-24-41/h2,5-18,21-39H,1,3-4,19-20H2. The molecule has 1 saturated carbocycles. The molecule has 1 aliphatic rings. The van der Waals surface area contributed by atoms with Crippen molar-refractivity contribution >= 4 is 71.6 Å². The molecule has 292 valence electrons. The first-order valence-corrected chi connectivity index (χ1v) is 21.8. The maximum atomic E-state index is 6.91. The van der Waals surface area contributed by atoms with Crippen LogP contribution in [-0.4, -0.2) is 4.57 Å². The third-order valence-corrected chi connectivity index (χ3v) is 13.2. The Hall–Kier alpha value is -7.36. The van der Waals surface area contributed by atoms with Gasteiger partial charge in [0.05, 0.1) is 28.1 Å². The van der Waals surface area contributed by atoms with Gasteiger partial charge in [0, 0.05) is 43.9 Å². The zero-order valence-corrected chi connectivity index (χ0v) is 34.0. The first-order valence-electron chi connectivity index (χ1n) is 21.8. The van der Waals surface area contributed by atoms with Crippen molar-refractivity contribution in [1.82, 2.24) is 4.57 Å². The van der Waals surface area contributed by atoms with Crippen molar-refractivity contribution in [2.75, 3.05) is 4.90 Å². The van der Waals surface area contributed by atoms with E-state index in [0.29, 0.717) is 5.92 Å². The number of rotatable bonds is 7. The molecule has 0 aliphatic heterocycles. The highest BCUT2D eigenvalue weighted by Crippen LogP contribution is 2.51. The fourth-order valence-electron chi connectivity index (χ4n) is 10.5. The Labute approximate surface area is 355 Å². The van der Waals surface area contributed by atoms with Gasteiger partial charge in [-0.1, -0.05) is 177 Å². The SMILES string of the molecule is c1ccc(-n2c3ccccc3c3cccc(-c4ccccc4N(c4ccccc4-c4cccc5cccc(C6CCCCC6)c45)c4cccc5c4oc4ccccc45)c32)cc1. The summed E-state index contributed by atoms with van der Waals surface area (Å²) in [6, 6.07) is 73.2. The van der Waals surface area contributed by atoms with Crippen LogP contribution < -0.4 is 4.90 Å². The van der Waals surface area contributed by atoms with Crippen molar-refractivity contribution in [3.8, 4) is 27.9 Å². The van der Waals surface area contributed by atoms with Gasteiger partial charge >= 0.3 is 0 Å². The molecule has 0 amide bonds. The van der Waals surface area contributed by atoms with Gasteiger partial charge in [-0.3, -0.25) is 0 Å². The van der Waals surface area contributed by atoms with Crippen LogP contribution >= 0.6 is 0 Å². The van der Waals surface area contributed by atoms with E-state index in [0.717, 1.165) is 55.8 Å². The highest BCUT2D eigenvalue weighted by Gasteiger charge is 2.27. The highest BCUT2D eigenvalue weighted by molar-refractivity contribution is 6.16. The number of hydrogen-bond donors (Lipinski definition) is 0. The summed E-state index contributed by atoms with van der Waals surface area (Å²) in [5.74, 6) is 0.559. The van der Waals surface area contributed by atoms with Crippen LogP contribution in [0.3, 0.4) is 0 Å². The summed E-state index contributed by atoms with van der Waals surface area (Å²) >= 11 is 0. The molecule has 61 heavy (non-hydrogen) atoms. The largest absolute Gasteiger partial charge is 0.454 e. The van der Waals surface area contributed by atoms with Crippen LogP contribution in [0, 0.1) is 0 Å². The van der Waals surface area contributed by atoms with E-state index < -0.39 is 0 Å². The van der Waals surface area contributed by atoms with E-state index >= 15 is 0 Å². The molecule has 0 atom stereocenters. The van der Waals surface area contributed by atoms with E-state index in [4.69, 9.17) is 4.42 Å². The van der Waals surface area contributed by atoms with E-state index in [1.165, 1.54) is 81.4 Å². The summed E-state index contributed by atoms with van der Waals surface area (Å²) < 4.78 is 9.35. The maximum absolute atomic E-state index is 6.91. The molecule has 0 N–H and O–H groups in total. The number of benzene rings is 9. The predicted octanol–water partition coefficient (Wildman–Crippen LogP) is 16.7. The number of nitrogens with zero attached hydrogens (tertiary/aromatic N) is 2. The topological polar surface area (TPSA) is 21.3 Å². The second-order valence-corrected chi connectivity index (χ2v) is 16.6. The molecule has 0 bridgehead atoms. The summed E-state index contributed by atoms with van der Waals surface area (Å²) in [4.78, 5) is 2.48. The third-order valence-electron chi connectivity index (χ3n) is 13.2. The van der Waals surface area contributed by atoms with Crippen molar-refractivity contribution < 1.29 is 4.42 Å². The minimum Gasteiger partial charge on any atom is -0.454 e. The minimum absolute atomic E-state index is 0.559. The zero-order chi connectivity index (χ0) is 40.3. The molecule has 2 heterocycles. The monoisotopic (exact) mass is 784 g/mol. The molecule has 1 fully saturated rings. The summed E-state index contributed by atoms with van der Waals surface area (Å²) in [7, 11) is 0. The van der Waals surface area contributed by atoms with Crippen molar-refractivity contribution in [1.29, 1.82) is 0 Å². The zero-order valence-electron chi connectivity index (χ0n) is 34.0. The quantitative estimate of drug-likeness (QED) is 0.161. The first kappa shape index (κ1) is 35.6. The van der Waals surface area contributed by atoms with Crippen LogP contribution in [0.15, 0.2) is 205 Å². The second kappa shape index (κ2) is 14.7. The van der Waals surface area contributed by atoms with E-state index in [-0.39, 0.29) is 0 Å². The molecule has 0 unspecified atom stereocenters. The predicted molar refractivity (Wildman–Crippen MR) is 257 cm³/mol. The smallest absolute Gasteiger partial charge is 0.159 e. The molecule has 0 saturated heterocycles. The fraction of sp³-hybridized carbons (Fsp3) is 0.103. The number of anilines is 3. The number of furan rings is 1. The second-order valence-electron chi connectivity index (χ2n) is 16.6. The van der Waals surface area contributed by atoms with Crippen LogP contribution in [0.1, 0.15) is 43.6 Å². The molecule has 2 aromatic heterocycles. The molecule has 9 aromatic carbocycles. The number of fused-ring (bicyclic) bond motifs is 7. The lowest BCUT2D eigenvalue weighted by molar-refractivity contribution is 0.445. The Morgan fingerprint density at radius 1 is 0.426 bits per heavy atom. The molecule has 0 radical (unpaired) electrons. The molecular formula is C58H44N2O. The number of hydrogen-bond acceptors (Lipinski definition) is 2. The Morgan fingerprint density at radius 3 is 1.82 bits per heavy atom. The highest BCUT2D eigenvalue weighted by atomic mass is 16.3. The number of aromatic nitrogens is 1. The van der Waals surface area contributed by atoms with Gasteiger partial charge in [-0.05, 0) is 83.1 Å². The van der Waals surface area contributed by atoms with Gasteiger partial charge in [-0.2, -0.15) is 0 Å². The Morgan fingerprint density at radius 2 is 1.00 bits per heavy atom. The molecule has 11 aromatic rings. The molecular weight excluding hydrogens is 741 g/mol. The van der Waals surface area contributed by atoms with Gasteiger partial charge < -0.3 is 13.9 Å². The molecule has 3 nitrogen and oxygen atoms in total. The van der Waals surface area contributed by atoms with Crippen molar-refractivity contribution in [3.63, 3.8) is 0 Å². The fourth-order valence-corrected chi connectivity index (χ4v) is 10.5. The van der Waals surface area contributed by atoms with Gasteiger partial charge in [0.1, 0.15) is 5.58 Å². The third kappa shape index (κ3) is 5.79. The van der Waals surface area contributed by atoms with Gasteiger partial charge in [0.15, 0.2) is 5.58 Å². The van der Waals surface area contributed by atoms with E-state index in [1.807, 2.05) is 0 Å². The van der Waals surface area contributed by atoms with Crippen LogP contribution in [0.5, 0.6) is 0 Å². The summed E-state index contributed by atoms with van der Waals surface area (Å²) in [6.45, 7) is 0. The van der Waals surface area contributed by atoms with Crippen molar-refractivity contribution in [3.05, 3.63) is 206 Å². The lowest BCUT2D eigenvalue weighted by Crippen LogP contribution is -2.13. The van der Waals surface area contributed by atoms with Crippen molar-refractivity contribution in [2.24, 2.45) is 0 Å². The Bertz CT molecular complexity index is 3420. The van der Waals surface area contributed by atoms with Crippen LogP contribution in [0.4, 0.5) is 17.1 Å². The van der Waals surface area contributed by atoms with Gasteiger partial charge in [0.2, 0.25) is 0 Å². The van der Waals surface area contributed by atoms with Crippen LogP contribution in [0.2, 0.25) is 0 Å². The van der Waals surface area contributed by atoms with Crippen molar-refractivity contribution in [2.45, 2.75) is 38.0 Å². The van der Waals surface area contributed by atoms with E-state index in [1.54, 1.807) is 0 Å². The number of para-hydroxylation sites is 7.